The third kappa shape index (κ3) is 10.4. The van der Waals surface area contributed by atoms with Crippen LogP contribution in [-0.4, -0.2) is 133 Å². The molecule has 2 fully saturated rings. The van der Waals surface area contributed by atoms with Crippen LogP contribution in [0.3, 0.4) is 0 Å². The van der Waals surface area contributed by atoms with E-state index in [-0.39, 0.29) is 81.8 Å². The summed E-state index contributed by atoms with van der Waals surface area (Å²) in [5.74, 6) is -0.875. The molecule has 0 radical (unpaired) electrons. The van der Waals surface area contributed by atoms with E-state index >= 15 is 0 Å². The van der Waals surface area contributed by atoms with E-state index in [0.717, 1.165) is 56.5 Å². The van der Waals surface area contributed by atoms with Crippen molar-refractivity contribution in [1.29, 1.82) is 0 Å². The molecule has 6 rings (SSSR count). The number of carbonyl (C=O) groups is 1. The second kappa shape index (κ2) is 21.1. The lowest BCUT2D eigenvalue weighted by Gasteiger charge is -2.59. The molecular weight excluding hydrogens is 764 g/mol. The molecule has 0 spiro atoms. The summed E-state index contributed by atoms with van der Waals surface area (Å²) in [4.78, 5) is 34.7. The van der Waals surface area contributed by atoms with Gasteiger partial charge >= 0.3 is 6.09 Å². The van der Waals surface area contributed by atoms with Crippen molar-refractivity contribution in [3.8, 4) is 17.2 Å². The maximum atomic E-state index is 14.6. The lowest BCUT2D eigenvalue weighted by atomic mass is 9.55. The molecular formula is C43H58N4O12. The number of carbonyl (C=O) groups excluding carboxylic acids is 1. The standard InChI is InChI=1S/C43H58N4O12/c1-3-23-57-43-39(46(19-24-55-26-22-50)42(51)58-32-12-10-31(11-13-32)47(52)53)29-37(44-54-2)35-27-30(8-4-6-20-48)34(9-5-7-21-49)40(41(35)43)36-28-33(14-15-38(36)59-43)56-25-18-45-16-17-45/h3,10-15,27-28,30,34,39-41,48-50H,1,4-9,16-26,29H2,2H3/t30-,34+,39-,40+,41+,43+/m0/s1. The molecule has 16 heteroatoms. The summed E-state index contributed by atoms with van der Waals surface area (Å²) < 4.78 is 32.1. The molecule has 2 aromatic rings. The highest BCUT2D eigenvalue weighted by Crippen LogP contribution is 2.62. The number of oxime groups is 1. The summed E-state index contributed by atoms with van der Waals surface area (Å²) in [6.45, 7) is 7.54. The maximum absolute atomic E-state index is 14.6. The number of nitro benzene ring substituents is 1. The van der Waals surface area contributed by atoms with Gasteiger partial charge in [0.2, 0.25) is 5.79 Å². The SMILES string of the molecule is C=CCO[C@@]12Oc3ccc(OCCN4CC4)cc3[C@H]3[C@H](CCCCO)[C@@H](CCCCO)C=C(C(=NOC)C[C@@H]1N(CCOCCO)C(=O)Oc1ccc([N+](=O)[O-])cc1)[C@H]32. The average molecular weight is 823 g/mol. The van der Waals surface area contributed by atoms with Gasteiger partial charge in [0.25, 0.3) is 5.69 Å². The van der Waals surface area contributed by atoms with Crippen LogP contribution in [0.25, 0.3) is 0 Å². The molecule has 16 nitrogen and oxygen atoms in total. The Hall–Kier alpha value is -4.58. The number of hydrogen-bond donors (Lipinski definition) is 3. The maximum Gasteiger partial charge on any atom is 0.415 e. The van der Waals surface area contributed by atoms with Crippen molar-refractivity contribution in [2.45, 2.75) is 62.7 Å². The number of ether oxygens (including phenoxy) is 5. The Labute approximate surface area is 345 Å². The summed E-state index contributed by atoms with van der Waals surface area (Å²) in [7, 11) is 1.48. The Bertz CT molecular complexity index is 1790. The number of amides is 1. The van der Waals surface area contributed by atoms with Crippen molar-refractivity contribution in [3.63, 3.8) is 0 Å². The zero-order valence-electron chi connectivity index (χ0n) is 33.8. The van der Waals surface area contributed by atoms with E-state index in [0.29, 0.717) is 36.7 Å². The molecule has 2 aromatic carbocycles. The van der Waals surface area contributed by atoms with Gasteiger partial charge < -0.3 is 43.8 Å². The molecule has 3 N–H and O–H groups in total. The third-order valence-corrected chi connectivity index (χ3v) is 11.6. The summed E-state index contributed by atoms with van der Waals surface area (Å²) in [6, 6.07) is 10.2. The fraction of sp³-hybridized carbons (Fsp3) is 0.581. The Kier molecular flexibility index (Phi) is 15.7. The highest BCUT2D eigenvalue weighted by molar-refractivity contribution is 6.03. The van der Waals surface area contributed by atoms with Crippen LogP contribution < -0.4 is 14.2 Å². The van der Waals surface area contributed by atoms with Crippen LogP contribution in [0.5, 0.6) is 17.2 Å². The molecule has 2 heterocycles. The highest BCUT2D eigenvalue weighted by atomic mass is 16.7. The molecule has 0 unspecified atom stereocenters. The molecule has 0 aromatic heterocycles. The van der Waals surface area contributed by atoms with E-state index in [2.05, 4.69) is 28.8 Å². The number of nitrogens with zero attached hydrogens (tertiary/aromatic N) is 4. The molecule has 0 bridgehead atoms. The van der Waals surface area contributed by atoms with E-state index in [1.165, 1.54) is 36.3 Å². The number of aliphatic hydroxyl groups is 3. The first kappa shape index (κ1) is 44.0. The van der Waals surface area contributed by atoms with Crippen molar-refractivity contribution >= 4 is 17.5 Å². The second-order valence-corrected chi connectivity index (χ2v) is 15.3. The summed E-state index contributed by atoms with van der Waals surface area (Å²) in [6.07, 6.45) is 7.67. The zero-order chi connectivity index (χ0) is 41.8. The molecule has 1 saturated heterocycles. The number of non-ortho nitro benzene ring substituents is 1. The van der Waals surface area contributed by atoms with Crippen LogP contribution in [0, 0.1) is 27.9 Å². The molecule has 59 heavy (non-hydrogen) atoms. The van der Waals surface area contributed by atoms with Crippen molar-refractivity contribution < 1.29 is 53.6 Å². The topological polar surface area (TPSA) is 195 Å². The van der Waals surface area contributed by atoms with Gasteiger partial charge in [0.1, 0.15) is 37.0 Å². The second-order valence-electron chi connectivity index (χ2n) is 15.3. The van der Waals surface area contributed by atoms with Gasteiger partial charge in [0, 0.05) is 69.4 Å². The van der Waals surface area contributed by atoms with Crippen LogP contribution >= 0.6 is 0 Å². The first-order valence-corrected chi connectivity index (χ1v) is 20.7. The van der Waals surface area contributed by atoms with E-state index in [9.17, 15) is 30.2 Å². The predicted octanol–water partition coefficient (Wildman–Crippen LogP) is 5.06. The van der Waals surface area contributed by atoms with Crippen LogP contribution in [0.1, 0.15) is 56.4 Å². The minimum absolute atomic E-state index is 0.00387. The number of rotatable bonds is 24. The monoisotopic (exact) mass is 822 g/mol. The van der Waals surface area contributed by atoms with E-state index in [4.69, 9.17) is 28.5 Å². The summed E-state index contributed by atoms with van der Waals surface area (Å²) in [5.41, 5.74) is 2.27. The molecule has 6 atom stereocenters. The lowest BCUT2D eigenvalue weighted by molar-refractivity contribution is -0.384. The summed E-state index contributed by atoms with van der Waals surface area (Å²) >= 11 is 0. The fourth-order valence-corrected chi connectivity index (χ4v) is 8.93. The van der Waals surface area contributed by atoms with Crippen molar-refractivity contribution in [2.75, 3.05) is 79.5 Å². The first-order chi connectivity index (χ1) is 28.8. The van der Waals surface area contributed by atoms with Gasteiger partial charge in [0.05, 0.1) is 43.0 Å². The first-order valence-electron chi connectivity index (χ1n) is 20.7. The number of fused-ring (bicyclic) bond motifs is 2. The Morgan fingerprint density at radius 2 is 1.78 bits per heavy atom. The van der Waals surface area contributed by atoms with Crippen molar-refractivity contribution in [1.82, 2.24) is 9.80 Å². The quantitative estimate of drug-likeness (QED) is 0.0419. The Morgan fingerprint density at radius 1 is 1.03 bits per heavy atom. The highest BCUT2D eigenvalue weighted by Gasteiger charge is 2.65. The molecule has 2 aliphatic carbocycles. The molecule has 1 saturated carbocycles. The van der Waals surface area contributed by atoms with Crippen molar-refractivity contribution in [2.24, 2.45) is 22.9 Å². The van der Waals surface area contributed by atoms with Crippen LogP contribution in [0.2, 0.25) is 0 Å². The average Bonchev–Trinajstić information content (AvgIpc) is 4.07. The number of benzene rings is 2. The number of aliphatic hydroxyl groups excluding tert-OH is 3. The Balaban J connectivity index is 1.51. The molecule has 2 aliphatic heterocycles. The van der Waals surface area contributed by atoms with Crippen LogP contribution in [-0.2, 0) is 14.3 Å². The van der Waals surface area contributed by atoms with Gasteiger partial charge in [-0.1, -0.05) is 30.1 Å². The van der Waals surface area contributed by atoms with E-state index in [1.54, 1.807) is 6.08 Å². The Morgan fingerprint density at radius 3 is 2.46 bits per heavy atom. The minimum Gasteiger partial charge on any atom is -0.492 e. The molecule has 1 amide bonds. The lowest BCUT2D eigenvalue weighted by Crippen LogP contribution is -2.70. The minimum atomic E-state index is -1.54. The van der Waals surface area contributed by atoms with Crippen molar-refractivity contribution in [3.05, 3.63) is 82.4 Å². The van der Waals surface area contributed by atoms with Gasteiger partial charge in [0.15, 0.2) is 0 Å². The predicted molar refractivity (Wildman–Crippen MR) is 218 cm³/mol. The van der Waals surface area contributed by atoms with Gasteiger partial charge in [-0.2, -0.15) is 0 Å². The fourth-order valence-electron chi connectivity index (χ4n) is 8.93. The van der Waals surface area contributed by atoms with Gasteiger partial charge in [-0.3, -0.25) is 19.9 Å². The number of hydrogen-bond acceptors (Lipinski definition) is 14. The number of nitro groups is 1. The number of allylic oxidation sites excluding steroid dienone is 1. The van der Waals surface area contributed by atoms with Crippen LogP contribution in [0.15, 0.2) is 71.9 Å². The number of unbranched alkanes of at least 4 members (excludes halogenated alkanes) is 2. The van der Waals surface area contributed by atoms with E-state index < -0.39 is 28.8 Å². The van der Waals surface area contributed by atoms with Gasteiger partial charge in [-0.05, 0) is 73.4 Å². The largest absolute Gasteiger partial charge is 0.492 e. The summed E-state index contributed by atoms with van der Waals surface area (Å²) in [5, 5.41) is 45.2. The molecule has 322 valence electrons. The third-order valence-electron chi connectivity index (χ3n) is 11.6. The smallest absolute Gasteiger partial charge is 0.415 e. The molecule has 4 aliphatic rings. The normalized spacial score (nSPS) is 24.9. The zero-order valence-corrected chi connectivity index (χ0v) is 33.8. The van der Waals surface area contributed by atoms with Crippen LogP contribution in [0.4, 0.5) is 10.5 Å². The van der Waals surface area contributed by atoms with Gasteiger partial charge in [-0.25, -0.2) is 4.79 Å². The van der Waals surface area contributed by atoms with Gasteiger partial charge in [-0.15, -0.1) is 6.58 Å². The van der Waals surface area contributed by atoms with E-state index in [1.807, 2.05) is 12.1 Å².